The van der Waals surface area contributed by atoms with Crippen molar-refractivity contribution in [2.75, 3.05) is 0 Å². The smallest absolute Gasteiger partial charge is 0.125 e. The molecule has 2 heteroatoms. The minimum absolute atomic E-state index is 0.103. The van der Waals surface area contributed by atoms with Gasteiger partial charge in [0.1, 0.15) is 16.8 Å². The Hall–Kier alpha value is -0.0800. The molecule has 2 unspecified atom stereocenters. The molecule has 3 aliphatic carbocycles. The monoisotopic (exact) mass is 208 g/mol. The van der Waals surface area contributed by atoms with Gasteiger partial charge >= 0.3 is 0 Å². The van der Waals surface area contributed by atoms with Gasteiger partial charge in [0.05, 0.1) is 0 Å². The molecule has 3 saturated carbocycles. The predicted octanol–water partition coefficient (Wildman–Crippen LogP) is 2.39. The van der Waals surface area contributed by atoms with Gasteiger partial charge in [-0.1, -0.05) is 12.8 Å². The Morgan fingerprint density at radius 2 is 1.40 bits per heavy atom. The topological polar surface area (TPSA) is 29.5 Å². The molecule has 1 N–H and O–H groups in total. The zero-order valence-corrected chi connectivity index (χ0v) is 9.30. The Balaban J connectivity index is 1.84. The highest BCUT2D eigenvalue weighted by Crippen LogP contribution is 2.70. The second-order valence-electron chi connectivity index (χ2n) is 6.19. The zero-order chi connectivity index (χ0) is 10.1. The van der Waals surface area contributed by atoms with E-state index in [-0.39, 0.29) is 11.2 Å². The van der Waals surface area contributed by atoms with Gasteiger partial charge in [-0.05, 0) is 50.9 Å². The van der Waals surface area contributed by atoms with E-state index in [0.717, 1.165) is 25.7 Å². The first-order valence-corrected chi connectivity index (χ1v) is 6.65. The van der Waals surface area contributed by atoms with E-state index < -0.39 is 5.60 Å². The summed E-state index contributed by atoms with van der Waals surface area (Å²) in [7, 11) is 0. The first-order valence-electron chi connectivity index (χ1n) is 6.65. The van der Waals surface area contributed by atoms with Crippen molar-refractivity contribution in [3.63, 3.8) is 0 Å². The molecule has 4 fully saturated rings. The highest BCUT2D eigenvalue weighted by molar-refractivity contribution is 5.29. The van der Waals surface area contributed by atoms with E-state index in [1.165, 1.54) is 32.1 Å². The van der Waals surface area contributed by atoms with Gasteiger partial charge in [-0.15, -0.1) is 0 Å². The molecule has 4 aliphatic rings. The summed E-state index contributed by atoms with van der Waals surface area (Å²) in [5, 5.41) is 11.1. The van der Waals surface area contributed by atoms with Gasteiger partial charge in [0.2, 0.25) is 0 Å². The van der Waals surface area contributed by atoms with Crippen molar-refractivity contribution in [1.82, 2.24) is 0 Å². The van der Waals surface area contributed by atoms with E-state index >= 15 is 0 Å². The van der Waals surface area contributed by atoms with Gasteiger partial charge < -0.3 is 9.84 Å². The van der Waals surface area contributed by atoms with Gasteiger partial charge in [-0.25, -0.2) is 0 Å². The van der Waals surface area contributed by atoms with Gasteiger partial charge in [-0.2, -0.15) is 0 Å². The van der Waals surface area contributed by atoms with Gasteiger partial charge in [0.15, 0.2) is 0 Å². The van der Waals surface area contributed by atoms with E-state index in [0.29, 0.717) is 5.92 Å². The first-order chi connectivity index (χ1) is 7.23. The summed E-state index contributed by atoms with van der Waals surface area (Å²) in [4.78, 5) is 0. The van der Waals surface area contributed by atoms with Crippen LogP contribution in [-0.2, 0) is 4.74 Å². The van der Waals surface area contributed by atoms with Crippen LogP contribution in [0.15, 0.2) is 0 Å². The summed E-state index contributed by atoms with van der Waals surface area (Å²) >= 11 is 0. The Labute approximate surface area is 91.0 Å². The Morgan fingerprint density at radius 3 is 2.00 bits per heavy atom. The molecular weight excluding hydrogens is 188 g/mol. The fourth-order valence-corrected chi connectivity index (χ4v) is 5.35. The molecule has 0 aromatic heterocycles. The van der Waals surface area contributed by atoms with Crippen LogP contribution in [0.25, 0.3) is 0 Å². The lowest BCUT2D eigenvalue weighted by atomic mass is 9.44. The maximum absolute atomic E-state index is 11.1. The molecule has 84 valence electrons. The molecule has 2 bridgehead atoms. The molecule has 2 atom stereocenters. The van der Waals surface area contributed by atoms with E-state index in [9.17, 15) is 5.11 Å². The number of aliphatic hydroxyl groups is 1. The average molecular weight is 208 g/mol. The minimum atomic E-state index is -0.422. The van der Waals surface area contributed by atoms with Crippen LogP contribution in [-0.4, -0.2) is 21.9 Å². The van der Waals surface area contributed by atoms with E-state index in [1.54, 1.807) is 0 Å². The molecule has 1 saturated heterocycles. The lowest BCUT2D eigenvalue weighted by Crippen LogP contribution is -2.87. The lowest BCUT2D eigenvalue weighted by Gasteiger charge is -2.77. The van der Waals surface area contributed by atoms with E-state index in [4.69, 9.17) is 4.74 Å². The van der Waals surface area contributed by atoms with Crippen LogP contribution in [0.5, 0.6) is 0 Å². The van der Waals surface area contributed by atoms with Crippen LogP contribution in [0.2, 0.25) is 0 Å². The lowest BCUT2D eigenvalue weighted by molar-refractivity contribution is -0.461. The number of hydrogen-bond acceptors (Lipinski definition) is 2. The minimum Gasteiger partial charge on any atom is -0.384 e. The molecule has 15 heavy (non-hydrogen) atoms. The second-order valence-corrected chi connectivity index (χ2v) is 6.19. The average Bonchev–Trinajstić information content (AvgIpc) is 2.24. The maximum Gasteiger partial charge on any atom is 0.125 e. The van der Waals surface area contributed by atoms with Crippen LogP contribution >= 0.6 is 0 Å². The highest BCUT2D eigenvalue weighted by Gasteiger charge is 2.79. The molecule has 1 aliphatic heterocycles. The second kappa shape index (κ2) is 2.43. The van der Waals surface area contributed by atoms with Crippen LogP contribution in [0.1, 0.15) is 57.8 Å². The molecule has 0 aromatic rings. The van der Waals surface area contributed by atoms with Gasteiger partial charge in [-0.3, -0.25) is 0 Å². The number of rotatable bonds is 0. The molecular formula is C13H20O2. The van der Waals surface area contributed by atoms with Crippen molar-refractivity contribution in [1.29, 1.82) is 0 Å². The molecule has 0 radical (unpaired) electrons. The molecule has 1 heterocycles. The highest BCUT2D eigenvalue weighted by atomic mass is 16.6. The fourth-order valence-electron chi connectivity index (χ4n) is 5.35. The van der Waals surface area contributed by atoms with Crippen molar-refractivity contribution in [2.24, 2.45) is 5.92 Å². The van der Waals surface area contributed by atoms with E-state index in [1.807, 2.05) is 0 Å². The zero-order valence-electron chi connectivity index (χ0n) is 9.30. The van der Waals surface area contributed by atoms with Crippen LogP contribution in [0.4, 0.5) is 0 Å². The summed E-state index contributed by atoms with van der Waals surface area (Å²) in [5.74, 6) is 0.550. The molecule has 0 amide bonds. The van der Waals surface area contributed by atoms with Gasteiger partial charge in [0.25, 0.3) is 0 Å². The number of ether oxygens (including phenoxy) is 1. The summed E-state index contributed by atoms with van der Waals surface area (Å²) in [6, 6.07) is 0. The quantitative estimate of drug-likeness (QED) is 0.662. The fraction of sp³-hybridized carbons (Fsp3) is 1.00. The first kappa shape index (κ1) is 9.00. The molecule has 4 rings (SSSR count). The summed E-state index contributed by atoms with van der Waals surface area (Å²) in [6.07, 6.45) is 10.7. The van der Waals surface area contributed by atoms with Gasteiger partial charge in [0, 0.05) is 0 Å². The van der Waals surface area contributed by atoms with Crippen molar-refractivity contribution in [2.45, 2.75) is 74.6 Å². The largest absolute Gasteiger partial charge is 0.384 e. The normalized spacial score (nSPS) is 61.8. The van der Waals surface area contributed by atoms with Crippen molar-refractivity contribution < 1.29 is 9.84 Å². The van der Waals surface area contributed by atoms with Crippen molar-refractivity contribution in [3.05, 3.63) is 0 Å². The van der Waals surface area contributed by atoms with Crippen molar-refractivity contribution in [3.8, 4) is 0 Å². The Bertz CT molecular complexity index is 278. The third kappa shape index (κ3) is 0.734. The Kier molecular flexibility index (Phi) is 1.46. The summed E-state index contributed by atoms with van der Waals surface area (Å²) in [6.45, 7) is 0. The van der Waals surface area contributed by atoms with E-state index in [2.05, 4.69) is 0 Å². The summed E-state index contributed by atoms with van der Waals surface area (Å²) in [5.41, 5.74) is -0.627. The van der Waals surface area contributed by atoms with Crippen molar-refractivity contribution >= 4 is 0 Å². The SMILES string of the molecule is OC12C3CCCC14CCCC2(CCC3)O4. The van der Waals surface area contributed by atoms with Crippen LogP contribution < -0.4 is 0 Å². The summed E-state index contributed by atoms with van der Waals surface area (Å²) < 4.78 is 6.28. The number of hydrogen-bond donors (Lipinski definition) is 1. The molecule has 2 nitrogen and oxygen atoms in total. The standard InChI is InChI=1S/C13H20O2/c14-13-10-4-1-6-11(13)8-3-9-12(13,15-11)7-2-5-10/h10,14H,1-9H2. The third-order valence-electron chi connectivity index (χ3n) is 5.80. The predicted molar refractivity (Wildman–Crippen MR) is 56.5 cm³/mol. The van der Waals surface area contributed by atoms with Crippen LogP contribution in [0, 0.1) is 5.92 Å². The molecule has 0 aromatic carbocycles. The maximum atomic E-state index is 11.1. The Morgan fingerprint density at radius 1 is 0.867 bits per heavy atom. The molecule has 0 spiro atoms. The third-order valence-corrected chi connectivity index (χ3v) is 5.80. The van der Waals surface area contributed by atoms with Crippen LogP contribution in [0.3, 0.4) is 0 Å².